The van der Waals surface area contributed by atoms with Crippen molar-refractivity contribution >= 4 is 52.1 Å². The summed E-state index contributed by atoms with van der Waals surface area (Å²) < 4.78 is 0. The summed E-state index contributed by atoms with van der Waals surface area (Å²) in [4.78, 5) is 46.3. The Morgan fingerprint density at radius 2 is 1.39 bits per heavy atom. The lowest BCUT2D eigenvalue weighted by Gasteiger charge is -2.25. The smallest absolute Gasteiger partial charge is 0.318 e. The number of thioether (sulfide) groups is 1. The number of carbonyl (C=O) groups excluding carboxylic acids is 3. The topological polar surface area (TPSA) is 76.0 Å². The summed E-state index contributed by atoms with van der Waals surface area (Å²) >= 11 is 1.61. The van der Waals surface area contributed by atoms with Crippen LogP contribution in [0.5, 0.6) is 0 Å². The maximum absolute atomic E-state index is 13.5. The van der Waals surface area contributed by atoms with Gasteiger partial charge in [0.15, 0.2) is 5.78 Å². The Morgan fingerprint density at radius 3 is 2.00 bits per heavy atom. The molecule has 0 amide bonds. The second-order valence-electron chi connectivity index (χ2n) is 11.1. The number of anilines is 3. The maximum Gasteiger partial charge on any atom is 0.331 e. The summed E-state index contributed by atoms with van der Waals surface area (Å²) in [6.45, 7) is 5.31. The van der Waals surface area contributed by atoms with Gasteiger partial charge in [0.05, 0.1) is 0 Å². The van der Waals surface area contributed by atoms with Crippen molar-refractivity contribution in [3.63, 3.8) is 0 Å². The highest BCUT2D eigenvalue weighted by Crippen LogP contribution is 2.35. The highest BCUT2D eigenvalue weighted by Gasteiger charge is 2.19. The van der Waals surface area contributed by atoms with Gasteiger partial charge in [-0.3, -0.25) is 9.59 Å². The van der Waals surface area contributed by atoms with Crippen LogP contribution in [0.4, 0.5) is 17.1 Å². The molecule has 0 spiro atoms. The minimum absolute atomic E-state index is 0.0256. The Balaban J connectivity index is 1.37. The zero-order valence-electron chi connectivity index (χ0n) is 26.2. The highest BCUT2D eigenvalue weighted by molar-refractivity contribution is 7.99. The van der Waals surface area contributed by atoms with Gasteiger partial charge in [-0.05, 0) is 99.5 Å². The number of allylic oxidation sites excluding steroid dienone is 4. The lowest BCUT2D eigenvalue weighted by Crippen LogP contribution is -2.17. The molecule has 0 saturated carbocycles. The van der Waals surface area contributed by atoms with Gasteiger partial charge < -0.3 is 9.74 Å². The van der Waals surface area contributed by atoms with Crippen molar-refractivity contribution in [1.29, 1.82) is 0 Å². The number of ketones is 2. The van der Waals surface area contributed by atoms with E-state index in [1.165, 1.54) is 12.5 Å². The Labute approximate surface area is 274 Å². The fourth-order valence-corrected chi connectivity index (χ4v) is 6.00. The fourth-order valence-electron chi connectivity index (χ4n) is 5.14. The third kappa shape index (κ3) is 8.17. The summed E-state index contributed by atoms with van der Waals surface area (Å²) in [5.41, 5.74) is 6.96. The van der Waals surface area contributed by atoms with E-state index >= 15 is 0 Å². The van der Waals surface area contributed by atoms with E-state index in [2.05, 4.69) is 16.1 Å². The average molecular weight is 629 g/mol. The summed E-state index contributed by atoms with van der Waals surface area (Å²) in [5, 5.41) is 3.92. The molecule has 232 valence electrons. The SMILES string of the molecule is CC(=O)O/N=C(\CCSc1ccc(C)cc1)C(=O)c1ccc(N(c2ccccc2)c2ccc(C(=O)C3=C(C)CCC=C3)cc2)cc1. The van der Waals surface area contributed by atoms with Crippen LogP contribution >= 0.6 is 11.8 Å². The van der Waals surface area contributed by atoms with Gasteiger partial charge in [0.25, 0.3) is 0 Å². The van der Waals surface area contributed by atoms with E-state index < -0.39 is 5.97 Å². The minimum Gasteiger partial charge on any atom is -0.318 e. The van der Waals surface area contributed by atoms with Crippen LogP contribution < -0.4 is 4.90 Å². The molecule has 4 aromatic carbocycles. The van der Waals surface area contributed by atoms with Crippen molar-refractivity contribution in [2.75, 3.05) is 10.7 Å². The van der Waals surface area contributed by atoms with Crippen molar-refractivity contribution in [2.24, 2.45) is 5.16 Å². The molecule has 6 nitrogen and oxygen atoms in total. The number of carbonyl (C=O) groups is 3. The number of rotatable bonds is 12. The van der Waals surface area contributed by atoms with Gasteiger partial charge in [0.1, 0.15) is 5.71 Å². The molecule has 7 heteroatoms. The van der Waals surface area contributed by atoms with Crippen LogP contribution in [-0.2, 0) is 9.63 Å². The number of para-hydroxylation sites is 1. The van der Waals surface area contributed by atoms with E-state index in [0.29, 0.717) is 23.3 Å². The van der Waals surface area contributed by atoms with Crippen molar-refractivity contribution in [3.8, 4) is 0 Å². The molecule has 5 rings (SSSR count). The predicted molar refractivity (Wildman–Crippen MR) is 187 cm³/mol. The Kier molecular flexibility index (Phi) is 10.8. The first-order valence-corrected chi connectivity index (χ1v) is 16.2. The second-order valence-corrected chi connectivity index (χ2v) is 12.3. The normalized spacial score (nSPS) is 13.0. The van der Waals surface area contributed by atoms with Crippen LogP contribution in [0.2, 0.25) is 0 Å². The molecular weight excluding hydrogens is 593 g/mol. The molecule has 0 fully saturated rings. The van der Waals surface area contributed by atoms with Crippen LogP contribution in [-0.4, -0.2) is 29.0 Å². The Hall–Kier alpha value is -5.01. The summed E-state index contributed by atoms with van der Waals surface area (Å²) in [6, 6.07) is 33.0. The molecule has 1 aliphatic carbocycles. The molecule has 0 unspecified atom stereocenters. The fraction of sp³-hybridized carbons (Fsp3) is 0.179. The van der Waals surface area contributed by atoms with Crippen LogP contribution in [0.25, 0.3) is 0 Å². The van der Waals surface area contributed by atoms with E-state index in [1.54, 1.807) is 23.9 Å². The van der Waals surface area contributed by atoms with Gasteiger partial charge >= 0.3 is 5.97 Å². The molecule has 4 aromatic rings. The molecule has 0 bridgehead atoms. The van der Waals surface area contributed by atoms with Crippen molar-refractivity contribution in [2.45, 2.75) is 44.9 Å². The maximum atomic E-state index is 13.5. The molecule has 46 heavy (non-hydrogen) atoms. The monoisotopic (exact) mass is 628 g/mol. The van der Waals surface area contributed by atoms with Crippen LogP contribution in [0.15, 0.2) is 136 Å². The zero-order chi connectivity index (χ0) is 32.5. The number of aryl methyl sites for hydroxylation is 1. The van der Waals surface area contributed by atoms with Gasteiger partial charge in [0.2, 0.25) is 5.78 Å². The van der Waals surface area contributed by atoms with E-state index in [4.69, 9.17) is 4.84 Å². The van der Waals surface area contributed by atoms with Crippen molar-refractivity contribution in [3.05, 3.63) is 143 Å². The van der Waals surface area contributed by atoms with Crippen molar-refractivity contribution < 1.29 is 19.2 Å². The summed E-state index contributed by atoms with van der Waals surface area (Å²) in [7, 11) is 0. The minimum atomic E-state index is -0.583. The Morgan fingerprint density at radius 1 is 0.783 bits per heavy atom. The largest absolute Gasteiger partial charge is 0.331 e. The number of oxime groups is 1. The third-order valence-electron chi connectivity index (χ3n) is 7.64. The molecule has 0 aromatic heterocycles. The second kappa shape index (κ2) is 15.3. The number of hydrogen-bond acceptors (Lipinski definition) is 7. The van der Waals surface area contributed by atoms with Crippen molar-refractivity contribution in [1.82, 2.24) is 0 Å². The zero-order valence-corrected chi connectivity index (χ0v) is 27.1. The molecular formula is C39H36N2O4S. The van der Waals surface area contributed by atoms with Crippen LogP contribution in [0.3, 0.4) is 0 Å². The Bertz CT molecular complexity index is 1790. The lowest BCUT2D eigenvalue weighted by molar-refractivity contribution is -0.140. The summed E-state index contributed by atoms with van der Waals surface area (Å²) in [5.74, 6) is -0.258. The number of nitrogens with zero attached hydrogens (tertiary/aromatic N) is 2. The molecule has 1 aliphatic rings. The van der Waals surface area contributed by atoms with E-state index in [0.717, 1.165) is 45.9 Å². The van der Waals surface area contributed by atoms with E-state index in [1.807, 2.05) is 111 Å². The molecule has 0 heterocycles. The molecule has 0 N–H and O–H groups in total. The highest BCUT2D eigenvalue weighted by atomic mass is 32.2. The lowest BCUT2D eigenvalue weighted by atomic mass is 9.92. The number of benzene rings is 4. The number of hydrogen-bond donors (Lipinski definition) is 0. The predicted octanol–water partition coefficient (Wildman–Crippen LogP) is 9.60. The van der Waals surface area contributed by atoms with E-state index in [9.17, 15) is 14.4 Å². The number of Topliss-reactive ketones (excluding diaryl/α,β-unsaturated/α-hetero) is 2. The van der Waals surface area contributed by atoms with Gasteiger partial charge in [-0.2, -0.15) is 0 Å². The quantitative estimate of drug-likeness (QED) is 0.0511. The van der Waals surface area contributed by atoms with Gasteiger partial charge in [-0.25, -0.2) is 4.79 Å². The first-order valence-electron chi connectivity index (χ1n) is 15.2. The van der Waals surface area contributed by atoms with Crippen LogP contribution in [0, 0.1) is 6.92 Å². The van der Waals surface area contributed by atoms with E-state index in [-0.39, 0.29) is 17.3 Å². The van der Waals surface area contributed by atoms with Gasteiger partial charge in [-0.1, -0.05) is 58.8 Å². The standard InChI is InChI=1S/C39H36N2O4S/c1-27-13-23-35(24-14-27)46-26-25-37(40-45-29(3)42)39(44)31-17-21-34(22-18-31)41(32-10-5-4-6-11-32)33-19-15-30(16-20-33)38(43)36-12-8-7-9-28(36)2/h4-6,8,10-24H,7,9,25-26H2,1-3H3/b40-37+. The van der Waals surface area contributed by atoms with Gasteiger partial charge in [-0.15, -0.1) is 11.8 Å². The first-order chi connectivity index (χ1) is 22.3. The molecule has 0 aliphatic heterocycles. The molecule has 0 atom stereocenters. The first kappa shape index (κ1) is 32.4. The molecule has 0 saturated heterocycles. The van der Waals surface area contributed by atoms with Gasteiger partial charge in [0, 0.05) is 57.8 Å². The molecule has 0 radical (unpaired) electrons. The van der Waals surface area contributed by atoms with Crippen LogP contribution in [0.1, 0.15) is 59.4 Å². The summed E-state index contributed by atoms with van der Waals surface area (Å²) in [6.07, 6.45) is 6.18. The third-order valence-corrected chi connectivity index (χ3v) is 8.65. The average Bonchev–Trinajstić information content (AvgIpc) is 3.08.